The molecule has 0 saturated heterocycles. The Morgan fingerprint density at radius 3 is 2.48 bits per heavy atom. The minimum absolute atomic E-state index is 0.0597. The zero-order valence-corrected chi connectivity index (χ0v) is 16.8. The third-order valence-electron chi connectivity index (χ3n) is 6.72. The van der Waals surface area contributed by atoms with Crippen molar-refractivity contribution in [2.24, 2.45) is 17.3 Å². The van der Waals surface area contributed by atoms with Crippen molar-refractivity contribution in [2.75, 3.05) is 6.61 Å². The van der Waals surface area contributed by atoms with Crippen molar-refractivity contribution in [1.82, 2.24) is 0 Å². The second-order valence-electron chi connectivity index (χ2n) is 9.45. The first-order chi connectivity index (χ1) is 12.9. The van der Waals surface area contributed by atoms with Gasteiger partial charge in [-0.1, -0.05) is 35.4 Å². The second-order valence-corrected chi connectivity index (χ2v) is 10.9. The zero-order valence-electron chi connectivity index (χ0n) is 16.0. The van der Waals surface area contributed by atoms with Crippen LogP contribution in [0.4, 0.5) is 0 Å². The number of esters is 1. The van der Waals surface area contributed by atoms with E-state index in [1.807, 2.05) is 13.8 Å². The first-order valence-corrected chi connectivity index (χ1v) is 10.5. The van der Waals surface area contributed by atoms with Crippen LogP contribution >= 0.6 is 12.0 Å². The molecule has 5 rings (SSSR count). The number of benzene rings is 1. The van der Waals surface area contributed by atoms with Crippen LogP contribution in [-0.4, -0.2) is 22.6 Å². The van der Waals surface area contributed by atoms with Gasteiger partial charge in [0, 0.05) is 12.0 Å². The molecule has 6 heteroatoms. The monoisotopic (exact) mass is 392 g/mol. The van der Waals surface area contributed by atoms with Crippen LogP contribution in [-0.2, 0) is 24.3 Å². The van der Waals surface area contributed by atoms with Gasteiger partial charge in [0.05, 0.1) is 10.2 Å². The van der Waals surface area contributed by atoms with Crippen LogP contribution in [0.15, 0.2) is 30.3 Å². The van der Waals surface area contributed by atoms with Gasteiger partial charge in [0.25, 0.3) is 0 Å². The molecule has 1 aromatic carbocycles. The van der Waals surface area contributed by atoms with Crippen LogP contribution in [0, 0.1) is 17.3 Å². The third-order valence-corrected chi connectivity index (χ3v) is 7.42. The Labute approximate surface area is 164 Å². The summed E-state index contributed by atoms with van der Waals surface area (Å²) in [6, 6.07) is 10.8. The molecule has 4 fully saturated rings. The van der Waals surface area contributed by atoms with Gasteiger partial charge in [0.2, 0.25) is 0 Å². The standard InChI is InChI=1S/C21H28O5S/c1-19(2,27-26-25-23)14-24-18(22)21-11-15-8-16(12-21)10-20(9-15,13-21)17-6-4-3-5-7-17/h3-7,15-16,23H,8-14H2,1-2H3. The number of rotatable bonds is 7. The summed E-state index contributed by atoms with van der Waals surface area (Å²) in [4.78, 5) is 13.2. The average Bonchev–Trinajstić information content (AvgIpc) is 2.64. The molecule has 4 saturated carbocycles. The average molecular weight is 393 g/mol. The maximum absolute atomic E-state index is 13.2. The topological polar surface area (TPSA) is 65.0 Å². The fourth-order valence-electron chi connectivity index (χ4n) is 6.15. The Kier molecular flexibility index (Phi) is 5.04. The molecule has 4 aliphatic rings. The van der Waals surface area contributed by atoms with E-state index in [1.165, 1.54) is 24.8 Å². The van der Waals surface area contributed by atoms with Crippen LogP contribution in [0.2, 0.25) is 0 Å². The lowest BCUT2D eigenvalue weighted by atomic mass is 9.43. The molecule has 0 amide bonds. The van der Waals surface area contributed by atoms with E-state index in [9.17, 15) is 4.79 Å². The highest BCUT2D eigenvalue weighted by Gasteiger charge is 2.61. The molecule has 4 aliphatic carbocycles. The molecule has 0 radical (unpaired) electrons. The summed E-state index contributed by atoms with van der Waals surface area (Å²) < 4.78 is 9.83. The van der Waals surface area contributed by atoms with Gasteiger partial charge >= 0.3 is 5.97 Å². The minimum atomic E-state index is -0.502. The highest BCUT2D eigenvalue weighted by atomic mass is 32.2. The predicted octanol–water partition coefficient (Wildman–Crippen LogP) is 4.92. The molecule has 27 heavy (non-hydrogen) atoms. The molecule has 2 unspecified atom stereocenters. The largest absolute Gasteiger partial charge is 0.464 e. The summed E-state index contributed by atoms with van der Waals surface area (Å²) in [5.74, 6) is 1.18. The molecule has 148 valence electrons. The molecular weight excluding hydrogens is 364 g/mol. The van der Waals surface area contributed by atoms with Gasteiger partial charge in [-0.15, -0.1) is 4.33 Å². The lowest BCUT2D eigenvalue weighted by Gasteiger charge is -2.61. The fraction of sp³-hybridized carbons (Fsp3) is 0.667. The Morgan fingerprint density at radius 1 is 1.19 bits per heavy atom. The van der Waals surface area contributed by atoms with E-state index in [-0.39, 0.29) is 23.4 Å². The van der Waals surface area contributed by atoms with E-state index in [0.29, 0.717) is 11.8 Å². The van der Waals surface area contributed by atoms with Gasteiger partial charge in [-0.25, -0.2) is 5.26 Å². The molecule has 0 heterocycles. The van der Waals surface area contributed by atoms with Crippen molar-refractivity contribution in [3.63, 3.8) is 0 Å². The fourth-order valence-corrected chi connectivity index (χ4v) is 6.48. The van der Waals surface area contributed by atoms with E-state index >= 15 is 0 Å². The molecule has 2 atom stereocenters. The Bertz CT molecular complexity index is 675. The highest BCUT2D eigenvalue weighted by molar-refractivity contribution is 7.95. The summed E-state index contributed by atoms with van der Waals surface area (Å²) >= 11 is 0.944. The van der Waals surface area contributed by atoms with E-state index in [2.05, 4.69) is 39.7 Å². The van der Waals surface area contributed by atoms with Gasteiger partial charge in [-0.2, -0.15) is 0 Å². The SMILES string of the molecule is CC(C)(COC(=O)C12CC3CC(C1)CC(c1ccccc1)(C3)C2)SOOO. The first kappa shape index (κ1) is 19.2. The van der Waals surface area contributed by atoms with Crippen molar-refractivity contribution in [1.29, 1.82) is 0 Å². The number of carbonyl (C=O) groups excluding carboxylic acids is 1. The van der Waals surface area contributed by atoms with Crippen LogP contribution in [0.25, 0.3) is 0 Å². The molecule has 4 bridgehead atoms. The summed E-state index contributed by atoms with van der Waals surface area (Å²) in [5, 5.41) is 12.0. The number of ether oxygens (including phenoxy) is 1. The number of hydrogen-bond acceptors (Lipinski definition) is 6. The van der Waals surface area contributed by atoms with Gasteiger partial charge in [-0.3, -0.25) is 4.79 Å². The summed E-state index contributed by atoms with van der Waals surface area (Å²) in [7, 11) is 0. The van der Waals surface area contributed by atoms with Crippen LogP contribution < -0.4 is 0 Å². The summed E-state index contributed by atoms with van der Waals surface area (Å²) in [5.41, 5.74) is 1.16. The van der Waals surface area contributed by atoms with Crippen LogP contribution in [0.3, 0.4) is 0 Å². The summed E-state index contributed by atoms with van der Waals surface area (Å²) in [6.45, 7) is 3.99. The van der Waals surface area contributed by atoms with Gasteiger partial charge in [0.15, 0.2) is 0 Å². The molecule has 0 spiro atoms. The molecule has 1 aromatic rings. The lowest BCUT2D eigenvalue weighted by Crippen LogP contribution is -2.57. The number of hydrogen-bond donors (Lipinski definition) is 1. The molecular formula is C21H28O5S. The quantitative estimate of drug-likeness (QED) is 0.308. The molecule has 0 aliphatic heterocycles. The van der Waals surface area contributed by atoms with Crippen molar-refractivity contribution in [3.8, 4) is 0 Å². The van der Waals surface area contributed by atoms with Gasteiger partial charge < -0.3 is 4.74 Å². The van der Waals surface area contributed by atoms with E-state index in [0.717, 1.165) is 31.3 Å². The van der Waals surface area contributed by atoms with E-state index in [4.69, 9.17) is 9.99 Å². The molecule has 0 aromatic heterocycles. The van der Waals surface area contributed by atoms with E-state index < -0.39 is 4.75 Å². The predicted molar refractivity (Wildman–Crippen MR) is 103 cm³/mol. The third kappa shape index (κ3) is 3.65. The molecule has 1 N–H and O–H groups in total. The number of carbonyl (C=O) groups is 1. The van der Waals surface area contributed by atoms with Crippen LogP contribution in [0.1, 0.15) is 57.9 Å². The van der Waals surface area contributed by atoms with Crippen molar-refractivity contribution in [3.05, 3.63) is 35.9 Å². The maximum Gasteiger partial charge on any atom is 0.312 e. The maximum atomic E-state index is 13.2. The van der Waals surface area contributed by atoms with Crippen molar-refractivity contribution in [2.45, 2.75) is 62.5 Å². The Balaban J connectivity index is 1.52. The lowest BCUT2D eigenvalue weighted by molar-refractivity contribution is -0.432. The van der Waals surface area contributed by atoms with Crippen molar-refractivity contribution < 1.29 is 24.2 Å². The second kappa shape index (κ2) is 7.07. The van der Waals surface area contributed by atoms with Gasteiger partial charge in [-0.05, 0) is 75.2 Å². The highest BCUT2D eigenvalue weighted by Crippen LogP contribution is 2.66. The normalized spacial score (nSPS) is 34.6. The Morgan fingerprint density at radius 2 is 1.85 bits per heavy atom. The zero-order chi connectivity index (χ0) is 19.1. The van der Waals surface area contributed by atoms with Crippen molar-refractivity contribution >= 4 is 18.0 Å². The Hall–Kier alpha value is -1.08. The first-order valence-electron chi connectivity index (χ1n) is 9.75. The van der Waals surface area contributed by atoms with E-state index in [1.54, 1.807) is 0 Å². The summed E-state index contributed by atoms with van der Waals surface area (Å²) in [6.07, 6.45) is 6.48. The van der Waals surface area contributed by atoms with Crippen LogP contribution in [0.5, 0.6) is 0 Å². The smallest absolute Gasteiger partial charge is 0.312 e. The van der Waals surface area contributed by atoms with Gasteiger partial charge in [0.1, 0.15) is 6.61 Å². The molecule has 5 nitrogen and oxygen atoms in total. The minimum Gasteiger partial charge on any atom is -0.464 e.